The van der Waals surface area contributed by atoms with E-state index in [4.69, 9.17) is 4.74 Å². The first kappa shape index (κ1) is 11.4. The van der Waals surface area contributed by atoms with E-state index in [-0.39, 0.29) is 11.4 Å². The highest BCUT2D eigenvalue weighted by Crippen LogP contribution is 2.51. The number of methoxy groups -OCH3 is 1. The Balaban J connectivity index is 2.44. The number of carbonyl (C=O) groups excluding carboxylic acids is 1. The second kappa shape index (κ2) is 3.76. The maximum absolute atomic E-state index is 11.7. The number of allylic oxidation sites excluding steroid dienone is 2. The molecule has 0 bridgehead atoms. The molecule has 0 aromatic heterocycles. The van der Waals surface area contributed by atoms with Crippen molar-refractivity contribution in [2.24, 2.45) is 17.3 Å². The molecule has 0 saturated heterocycles. The lowest BCUT2D eigenvalue weighted by atomic mass is 9.62. The molecule has 0 aromatic carbocycles. The van der Waals surface area contributed by atoms with E-state index in [9.17, 15) is 4.79 Å². The summed E-state index contributed by atoms with van der Waals surface area (Å²) in [5, 5.41) is 0. The molecule has 2 aliphatic carbocycles. The Bertz CT molecular complexity index is 374. The van der Waals surface area contributed by atoms with E-state index in [1.54, 1.807) is 0 Å². The molecule has 0 heterocycles. The number of fused-ring (bicyclic) bond motifs is 1. The highest BCUT2D eigenvalue weighted by Gasteiger charge is 2.43. The van der Waals surface area contributed by atoms with E-state index < -0.39 is 0 Å². The van der Waals surface area contributed by atoms with Crippen molar-refractivity contribution in [2.75, 3.05) is 7.11 Å². The summed E-state index contributed by atoms with van der Waals surface area (Å²) in [6, 6.07) is 0. The van der Waals surface area contributed by atoms with E-state index in [2.05, 4.69) is 32.9 Å². The summed E-state index contributed by atoms with van der Waals surface area (Å²) in [5.74, 6) is 0.754. The monoisotopic (exact) mass is 220 g/mol. The average Bonchev–Trinajstić information content (AvgIpc) is 2.72. The minimum absolute atomic E-state index is 0.180. The third-order valence-corrected chi connectivity index (χ3v) is 4.40. The van der Waals surface area contributed by atoms with E-state index >= 15 is 0 Å². The molecule has 88 valence electrons. The van der Waals surface area contributed by atoms with Crippen LogP contribution in [0.1, 0.15) is 33.6 Å². The zero-order valence-electron chi connectivity index (χ0n) is 10.5. The van der Waals surface area contributed by atoms with Gasteiger partial charge in [-0.05, 0) is 35.7 Å². The number of carbonyl (C=O) groups is 1. The zero-order chi connectivity index (χ0) is 11.9. The summed E-state index contributed by atoms with van der Waals surface area (Å²) in [5.41, 5.74) is 2.27. The fourth-order valence-corrected chi connectivity index (χ4v) is 2.95. The Morgan fingerprint density at radius 1 is 1.50 bits per heavy atom. The standard InChI is InChI=1S/C14H20O2/c1-9-8-11(13(15)16-4)10-6-5-7-12(10)14(9,2)3/h6,8-9,12H,5,7H2,1-4H3/t9-,12-/m0/s1. The Morgan fingerprint density at radius 2 is 2.19 bits per heavy atom. The fraction of sp³-hybridized carbons (Fsp3) is 0.643. The Morgan fingerprint density at radius 3 is 2.81 bits per heavy atom. The number of ether oxygens (including phenoxy) is 1. The molecule has 0 N–H and O–H groups in total. The quantitative estimate of drug-likeness (QED) is 0.635. The van der Waals surface area contributed by atoms with Crippen molar-refractivity contribution in [2.45, 2.75) is 33.6 Å². The van der Waals surface area contributed by atoms with Gasteiger partial charge in [0.15, 0.2) is 0 Å². The molecule has 2 aliphatic rings. The van der Waals surface area contributed by atoms with Crippen molar-refractivity contribution in [1.29, 1.82) is 0 Å². The van der Waals surface area contributed by atoms with Gasteiger partial charge in [0, 0.05) is 0 Å². The first-order chi connectivity index (χ1) is 7.48. The first-order valence-electron chi connectivity index (χ1n) is 5.99. The number of esters is 1. The maximum atomic E-state index is 11.7. The molecule has 0 aromatic rings. The van der Waals surface area contributed by atoms with Crippen LogP contribution in [0.15, 0.2) is 23.3 Å². The summed E-state index contributed by atoms with van der Waals surface area (Å²) in [4.78, 5) is 11.7. The van der Waals surface area contributed by atoms with Crippen LogP contribution in [-0.4, -0.2) is 13.1 Å². The minimum atomic E-state index is -0.180. The van der Waals surface area contributed by atoms with Crippen molar-refractivity contribution < 1.29 is 9.53 Å². The molecule has 0 radical (unpaired) electrons. The SMILES string of the molecule is COC(=O)C1=C[C@H](C)C(C)(C)[C@H]2CCC=C12. The van der Waals surface area contributed by atoms with Gasteiger partial charge in [0.2, 0.25) is 0 Å². The molecule has 0 spiro atoms. The van der Waals surface area contributed by atoms with E-state index in [1.807, 2.05) is 0 Å². The van der Waals surface area contributed by atoms with Crippen LogP contribution < -0.4 is 0 Å². The van der Waals surface area contributed by atoms with E-state index in [0.29, 0.717) is 11.8 Å². The summed E-state index contributed by atoms with van der Waals surface area (Å²) in [6.45, 7) is 6.79. The normalized spacial score (nSPS) is 31.5. The smallest absolute Gasteiger partial charge is 0.337 e. The predicted octanol–water partition coefficient (Wildman–Crippen LogP) is 3.10. The molecule has 2 rings (SSSR count). The van der Waals surface area contributed by atoms with Crippen LogP contribution in [0.2, 0.25) is 0 Å². The predicted molar refractivity (Wildman–Crippen MR) is 63.9 cm³/mol. The minimum Gasteiger partial charge on any atom is -0.465 e. The maximum Gasteiger partial charge on any atom is 0.337 e. The zero-order valence-corrected chi connectivity index (χ0v) is 10.5. The summed E-state index contributed by atoms with van der Waals surface area (Å²) in [7, 11) is 1.46. The molecular weight excluding hydrogens is 200 g/mol. The van der Waals surface area contributed by atoms with Crippen LogP contribution in [0.3, 0.4) is 0 Å². The van der Waals surface area contributed by atoms with Crippen molar-refractivity contribution in [3.05, 3.63) is 23.3 Å². The van der Waals surface area contributed by atoms with Gasteiger partial charge in [0.25, 0.3) is 0 Å². The first-order valence-corrected chi connectivity index (χ1v) is 5.99. The third kappa shape index (κ3) is 1.51. The summed E-state index contributed by atoms with van der Waals surface area (Å²) >= 11 is 0. The molecule has 0 saturated carbocycles. The lowest BCUT2D eigenvalue weighted by Crippen LogP contribution is -2.35. The van der Waals surface area contributed by atoms with Crippen LogP contribution in [-0.2, 0) is 9.53 Å². The fourth-order valence-electron chi connectivity index (χ4n) is 2.95. The topological polar surface area (TPSA) is 26.3 Å². The highest BCUT2D eigenvalue weighted by molar-refractivity contribution is 5.94. The lowest BCUT2D eigenvalue weighted by Gasteiger charge is -2.42. The average molecular weight is 220 g/mol. The molecule has 16 heavy (non-hydrogen) atoms. The van der Waals surface area contributed by atoms with Gasteiger partial charge < -0.3 is 4.74 Å². The lowest BCUT2D eigenvalue weighted by molar-refractivity contribution is -0.136. The Kier molecular flexibility index (Phi) is 2.69. The van der Waals surface area contributed by atoms with Crippen LogP contribution in [0.4, 0.5) is 0 Å². The Hall–Kier alpha value is -1.05. The summed E-state index contributed by atoms with van der Waals surface area (Å²) in [6.07, 6.45) is 6.55. The van der Waals surface area contributed by atoms with Crippen molar-refractivity contribution >= 4 is 5.97 Å². The number of hydrogen-bond donors (Lipinski definition) is 0. The van der Waals surface area contributed by atoms with Crippen molar-refractivity contribution in [1.82, 2.24) is 0 Å². The molecule has 2 nitrogen and oxygen atoms in total. The van der Waals surface area contributed by atoms with Crippen molar-refractivity contribution in [3.8, 4) is 0 Å². The van der Waals surface area contributed by atoms with Gasteiger partial charge in [-0.2, -0.15) is 0 Å². The molecule has 0 unspecified atom stereocenters. The van der Waals surface area contributed by atoms with Gasteiger partial charge in [-0.15, -0.1) is 0 Å². The number of hydrogen-bond acceptors (Lipinski definition) is 2. The van der Waals surface area contributed by atoms with Gasteiger partial charge in [0.1, 0.15) is 0 Å². The highest BCUT2D eigenvalue weighted by atomic mass is 16.5. The van der Waals surface area contributed by atoms with Gasteiger partial charge in [-0.1, -0.05) is 32.9 Å². The third-order valence-electron chi connectivity index (χ3n) is 4.40. The summed E-state index contributed by atoms with van der Waals surface area (Å²) < 4.78 is 4.87. The van der Waals surface area contributed by atoms with E-state index in [0.717, 1.165) is 12.0 Å². The van der Waals surface area contributed by atoms with Crippen LogP contribution >= 0.6 is 0 Å². The second-order valence-corrected chi connectivity index (χ2v) is 5.47. The van der Waals surface area contributed by atoms with Crippen LogP contribution in [0.5, 0.6) is 0 Å². The Labute approximate surface area is 97.4 Å². The van der Waals surface area contributed by atoms with Gasteiger partial charge in [0.05, 0.1) is 12.7 Å². The molecule has 2 atom stereocenters. The van der Waals surface area contributed by atoms with E-state index in [1.165, 1.54) is 19.1 Å². The number of rotatable bonds is 1. The van der Waals surface area contributed by atoms with Gasteiger partial charge >= 0.3 is 5.97 Å². The van der Waals surface area contributed by atoms with Crippen LogP contribution in [0.25, 0.3) is 0 Å². The molecule has 0 aliphatic heterocycles. The largest absolute Gasteiger partial charge is 0.465 e. The molecule has 0 amide bonds. The van der Waals surface area contributed by atoms with Crippen molar-refractivity contribution in [3.63, 3.8) is 0 Å². The van der Waals surface area contributed by atoms with Gasteiger partial charge in [-0.3, -0.25) is 0 Å². The second-order valence-electron chi connectivity index (χ2n) is 5.47. The van der Waals surface area contributed by atoms with Gasteiger partial charge in [-0.25, -0.2) is 4.79 Å². The molecule has 0 fully saturated rings. The molecule has 2 heteroatoms. The van der Waals surface area contributed by atoms with Crippen LogP contribution in [0, 0.1) is 17.3 Å². The molecular formula is C14H20O2.